The van der Waals surface area contributed by atoms with Gasteiger partial charge in [-0.3, -0.25) is 9.59 Å². The minimum atomic E-state index is -0.111. The fourth-order valence-corrected chi connectivity index (χ4v) is 3.06. The highest BCUT2D eigenvalue weighted by molar-refractivity contribution is 5.99. The summed E-state index contributed by atoms with van der Waals surface area (Å²) >= 11 is 0. The van der Waals surface area contributed by atoms with Crippen LogP contribution in [0.25, 0.3) is 0 Å². The quantitative estimate of drug-likeness (QED) is 0.902. The maximum absolute atomic E-state index is 12.8. The topological polar surface area (TPSA) is 49.4 Å². The molecule has 4 heteroatoms. The van der Waals surface area contributed by atoms with Crippen molar-refractivity contribution in [3.8, 4) is 0 Å². The highest BCUT2D eigenvalue weighted by Crippen LogP contribution is 2.22. The first-order valence-electron chi connectivity index (χ1n) is 8.78. The number of amides is 2. The van der Waals surface area contributed by atoms with Crippen LogP contribution in [0.4, 0.5) is 0 Å². The van der Waals surface area contributed by atoms with Crippen molar-refractivity contribution >= 4 is 11.8 Å². The molecule has 1 N–H and O–H groups in total. The third-order valence-corrected chi connectivity index (χ3v) is 4.72. The Balaban J connectivity index is 2.15. The van der Waals surface area contributed by atoms with Crippen LogP contribution in [0.3, 0.4) is 0 Å². The van der Waals surface area contributed by atoms with E-state index in [1.165, 1.54) is 6.42 Å². The van der Waals surface area contributed by atoms with Gasteiger partial charge in [0.2, 0.25) is 0 Å². The number of rotatable bonds is 5. The van der Waals surface area contributed by atoms with Crippen molar-refractivity contribution in [2.24, 2.45) is 0 Å². The summed E-state index contributed by atoms with van der Waals surface area (Å²) in [4.78, 5) is 27.0. The van der Waals surface area contributed by atoms with Gasteiger partial charge in [0, 0.05) is 29.8 Å². The standard InChI is InChI=1S/C19H28N2O2/c1-4-14(3)20-18(22)15-9-8-10-16(13-15)19(23)21-12-7-6-11-17(21)5-2/h8-10,13-14,17H,4-7,11-12H2,1-3H3,(H,20,22). The van der Waals surface area contributed by atoms with Crippen LogP contribution in [0.5, 0.6) is 0 Å². The summed E-state index contributed by atoms with van der Waals surface area (Å²) in [6, 6.07) is 7.55. The maximum Gasteiger partial charge on any atom is 0.254 e. The Bertz CT molecular complexity index is 556. The number of benzene rings is 1. The van der Waals surface area contributed by atoms with Crippen LogP contribution in [0.2, 0.25) is 0 Å². The summed E-state index contributed by atoms with van der Waals surface area (Å²) < 4.78 is 0. The Labute approximate surface area is 139 Å². The zero-order valence-corrected chi connectivity index (χ0v) is 14.5. The Morgan fingerprint density at radius 3 is 2.70 bits per heavy atom. The Morgan fingerprint density at radius 2 is 2.00 bits per heavy atom. The van der Waals surface area contributed by atoms with Gasteiger partial charge in [0.1, 0.15) is 0 Å². The van der Waals surface area contributed by atoms with Crippen LogP contribution in [0.15, 0.2) is 24.3 Å². The molecule has 2 rings (SSSR count). The first-order valence-corrected chi connectivity index (χ1v) is 8.78. The molecule has 1 aliphatic heterocycles. The van der Waals surface area contributed by atoms with E-state index in [1.807, 2.05) is 24.8 Å². The number of likely N-dealkylation sites (tertiary alicyclic amines) is 1. The first-order chi connectivity index (χ1) is 11.1. The summed E-state index contributed by atoms with van der Waals surface area (Å²) in [7, 11) is 0. The second kappa shape index (κ2) is 8.14. The largest absolute Gasteiger partial charge is 0.350 e. The van der Waals surface area contributed by atoms with Crippen LogP contribution in [0, 0.1) is 0 Å². The van der Waals surface area contributed by atoms with Gasteiger partial charge in [-0.05, 0) is 57.2 Å². The van der Waals surface area contributed by atoms with Gasteiger partial charge in [-0.25, -0.2) is 0 Å². The number of piperidine rings is 1. The van der Waals surface area contributed by atoms with Crippen molar-refractivity contribution in [2.45, 2.75) is 65.0 Å². The minimum Gasteiger partial charge on any atom is -0.350 e. The SMILES string of the molecule is CCC(C)NC(=O)c1cccc(C(=O)N2CCCCC2CC)c1. The Hall–Kier alpha value is -1.84. The molecule has 0 spiro atoms. The fraction of sp³-hybridized carbons (Fsp3) is 0.579. The molecule has 23 heavy (non-hydrogen) atoms. The van der Waals surface area contributed by atoms with E-state index in [2.05, 4.69) is 12.2 Å². The molecule has 2 atom stereocenters. The summed E-state index contributed by atoms with van der Waals surface area (Å²) in [5, 5.41) is 2.95. The molecule has 4 nitrogen and oxygen atoms in total. The normalized spacial score (nSPS) is 19.3. The van der Waals surface area contributed by atoms with E-state index in [9.17, 15) is 9.59 Å². The van der Waals surface area contributed by atoms with Gasteiger partial charge in [0.25, 0.3) is 11.8 Å². The van der Waals surface area contributed by atoms with E-state index in [0.29, 0.717) is 17.2 Å². The molecule has 1 aromatic rings. The molecule has 0 saturated carbocycles. The smallest absolute Gasteiger partial charge is 0.254 e. The molecule has 1 aromatic carbocycles. The number of hydrogen-bond acceptors (Lipinski definition) is 2. The van der Waals surface area contributed by atoms with Crippen molar-refractivity contribution in [1.82, 2.24) is 10.2 Å². The lowest BCUT2D eigenvalue weighted by atomic mass is 9.98. The van der Waals surface area contributed by atoms with Gasteiger partial charge < -0.3 is 10.2 Å². The molecule has 0 aromatic heterocycles. The van der Waals surface area contributed by atoms with Crippen molar-refractivity contribution in [3.05, 3.63) is 35.4 Å². The van der Waals surface area contributed by atoms with Gasteiger partial charge in [-0.15, -0.1) is 0 Å². The van der Waals surface area contributed by atoms with E-state index in [1.54, 1.807) is 18.2 Å². The van der Waals surface area contributed by atoms with Crippen LogP contribution in [-0.2, 0) is 0 Å². The third-order valence-electron chi connectivity index (χ3n) is 4.72. The molecule has 1 aliphatic rings. The summed E-state index contributed by atoms with van der Waals surface area (Å²) in [6.45, 7) is 6.96. The minimum absolute atomic E-state index is 0.0507. The van der Waals surface area contributed by atoms with Crippen molar-refractivity contribution < 1.29 is 9.59 Å². The summed E-state index contributed by atoms with van der Waals surface area (Å²) in [6.07, 6.45) is 5.21. The van der Waals surface area contributed by atoms with Gasteiger partial charge in [-0.2, -0.15) is 0 Å². The van der Waals surface area contributed by atoms with Crippen LogP contribution >= 0.6 is 0 Å². The highest BCUT2D eigenvalue weighted by atomic mass is 16.2. The summed E-state index contributed by atoms with van der Waals surface area (Å²) in [5.74, 6) is -0.0607. The van der Waals surface area contributed by atoms with Crippen molar-refractivity contribution in [2.75, 3.05) is 6.54 Å². The lowest BCUT2D eigenvalue weighted by Gasteiger charge is -2.35. The van der Waals surface area contributed by atoms with Gasteiger partial charge in [0.15, 0.2) is 0 Å². The monoisotopic (exact) mass is 316 g/mol. The maximum atomic E-state index is 12.8. The molecule has 1 saturated heterocycles. The van der Waals surface area contributed by atoms with Crippen molar-refractivity contribution in [1.29, 1.82) is 0 Å². The highest BCUT2D eigenvalue weighted by Gasteiger charge is 2.26. The molecule has 1 fully saturated rings. The van der Waals surface area contributed by atoms with E-state index < -0.39 is 0 Å². The van der Waals surface area contributed by atoms with Gasteiger partial charge in [0.05, 0.1) is 0 Å². The predicted octanol–water partition coefficient (Wildman–Crippen LogP) is 3.62. The second-order valence-electron chi connectivity index (χ2n) is 6.42. The molecule has 0 bridgehead atoms. The average Bonchev–Trinajstić information content (AvgIpc) is 2.60. The molecule has 126 valence electrons. The van der Waals surface area contributed by atoms with Crippen LogP contribution < -0.4 is 5.32 Å². The third kappa shape index (κ3) is 4.34. The molecule has 0 radical (unpaired) electrons. The van der Waals surface area contributed by atoms with E-state index in [-0.39, 0.29) is 17.9 Å². The molecular formula is C19H28N2O2. The van der Waals surface area contributed by atoms with Gasteiger partial charge >= 0.3 is 0 Å². The number of hydrogen-bond donors (Lipinski definition) is 1. The fourth-order valence-electron chi connectivity index (χ4n) is 3.06. The predicted molar refractivity (Wildman–Crippen MR) is 92.6 cm³/mol. The molecule has 2 unspecified atom stereocenters. The zero-order chi connectivity index (χ0) is 16.8. The molecule has 1 heterocycles. The van der Waals surface area contributed by atoms with Crippen molar-refractivity contribution in [3.63, 3.8) is 0 Å². The van der Waals surface area contributed by atoms with Crippen LogP contribution in [0.1, 0.15) is 73.6 Å². The average molecular weight is 316 g/mol. The molecular weight excluding hydrogens is 288 g/mol. The summed E-state index contributed by atoms with van der Waals surface area (Å²) in [5.41, 5.74) is 1.17. The number of nitrogens with one attached hydrogen (secondary N) is 1. The molecule has 0 aliphatic carbocycles. The Kier molecular flexibility index (Phi) is 6.20. The molecule has 2 amide bonds. The number of carbonyl (C=O) groups excluding carboxylic acids is 2. The lowest BCUT2D eigenvalue weighted by molar-refractivity contribution is 0.0608. The zero-order valence-electron chi connectivity index (χ0n) is 14.5. The van der Waals surface area contributed by atoms with E-state index in [4.69, 9.17) is 0 Å². The van der Waals surface area contributed by atoms with Gasteiger partial charge in [-0.1, -0.05) is 19.9 Å². The number of nitrogens with zero attached hydrogens (tertiary/aromatic N) is 1. The van der Waals surface area contributed by atoms with E-state index in [0.717, 1.165) is 32.2 Å². The number of carbonyl (C=O) groups is 2. The second-order valence-corrected chi connectivity index (χ2v) is 6.42. The van der Waals surface area contributed by atoms with E-state index >= 15 is 0 Å². The lowest BCUT2D eigenvalue weighted by Crippen LogP contribution is -2.43. The van der Waals surface area contributed by atoms with Crippen LogP contribution in [-0.4, -0.2) is 35.3 Å². The first kappa shape index (κ1) is 17.5. The Morgan fingerprint density at radius 1 is 1.26 bits per heavy atom.